The van der Waals surface area contributed by atoms with Crippen LogP contribution in [0.2, 0.25) is 0 Å². The zero-order valence-corrected chi connectivity index (χ0v) is 10.5. The first kappa shape index (κ1) is 10.8. The van der Waals surface area contributed by atoms with Gasteiger partial charge >= 0.3 is 0 Å². The summed E-state index contributed by atoms with van der Waals surface area (Å²) < 4.78 is 0. The molecule has 0 radical (unpaired) electrons. The Bertz CT molecular complexity index is 267. The molecule has 2 nitrogen and oxygen atoms in total. The molecule has 2 aliphatic carbocycles. The molecule has 0 aromatic carbocycles. The second-order valence-electron chi connectivity index (χ2n) is 6.07. The number of nitrogens with one attached hydrogen (secondary N) is 1. The van der Waals surface area contributed by atoms with Crippen LogP contribution in [0.3, 0.4) is 0 Å². The number of rotatable bonds is 6. The Morgan fingerprint density at radius 2 is 1.69 bits per heavy atom. The van der Waals surface area contributed by atoms with Gasteiger partial charge in [-0.2, -0.15) is 0 Å². The Balaban J connectivity index is 1.53. The number of hydrogen-bond donors (Lipinski definition) is 1. The summed E-state index contributed by atoms with van der Waals surface area (Å²) in [6.07, 6.45) is 5.94. The minimum atomic E-state index is 1.04. The van der Waals surface area contributed by atoms with Gasteiger partial charge in [-0.05, 0) is 50.0 Å². The third kappa shape index (κ3) is 2.86. The van der Waals surface area contributed by atoms with Crippen LogP contribution < -0.4 is 5.32 Å². The largest absolute Gasteiger partial charge is 0.309 e. The van der Waals surface area contributed by atoms with Crippen molar-refractivity contribution in [2.45, 2.75) is 32.6 Å². The van der Waals surface area contributed by atoms with Gasteiger partial charge in [0.05, 0.1) is 0 Å². The Labute approximate surface area is 99.1 Å². The third-order valence-corrected chi connectivity index (χ3v) is 4.17. The molecule has 1 heterocycles. The summed E-state index contributed by atoms with van der Waals surface area (Å²) in [6.45, 7) is 8.61. The van der Waals surface area contributed by atoms with Gasteiger partial charge in [0.2, 0.25) is 0 Å². The maximum atomic E-state index is 3.35. The predicted molar refractivity (Wildman–Crippen MR) is 67.5 cm³/mol. The average Bonchev–Trinajstić information content (AvgIpc) is 2.95. The van der Waals surface area contributed by atoms with Gasteiger partial charge in [-0.25, -0.2) is 0 Å². The molecule has 0 amide bonds. The van der Waals surface area contributed by atoms with Crippen LogP contribution in [0.5, 0.6) is 0 Å². The quantitative estimate of drug-likeness (QED) is 0.689. The van der Waals surface area contributed by atoms with E-state index in [-0.39, 0.29) is 0 Å². The molecule has 3 fully saturated rings. The van der Waals surface area contributed by atoms with Gasteiger partial charge in [0.25, 0.3) is 0 Å². The van der Waals surface area contributed by atoms with Crippen LogP contribution in [0.4, 0.5) is 0 Å². The van der Waals surface area contributed by atoms with E-state index in [9.17, 15) is 0 Å². The molecule has 3 rings (SSSR count). The molecule has 0 unspecified atom stereocenters. The van der Waals surface area contributed by atoms with Crippen LogP contribution in [0.25, 0.3) is 0 Å². The van der Waals surface area contributed by atoms with Gasteiger partial charge < -0.3 is 5.32 Å². The first-order chi connectivity index (χ1) is 7.81. The van der Waals surface area contributed by atoms with Crippen molar-refractivity contribution in [2.75, 3.05) is 32.7 Å². The van der Waals surface area contributed by atoms with Crippen molar-refractivity contribution in [1.29, 1.82) is 0 Å². The van der Waals surface area contributed by atoms with E-state index in [2.05, 4.69) is 17.1 Å². The number of hydrogen-bond acceptors (Lipinski definition) is 2. The fraction of sp³-hybridized carbons (Fsp3) is 0.857. The van der Waals surface area contributed by atoms with Crippen molar-refractivity contribution < 1.29 is 0 Å². The zero-order valence-electron chi connectivity index (χ0n) is 10.5. The first-order valence-corrected chi connectivity index (χ1v) is 6.92. The van der Waals surface area contributed by atoms with Crippen molar-refractivity contribution in [3.05, 3.63) is 11.1 Å². The van der Waals surface area contributed by atoms with Crippen LogP contribution in [-0.2, 0) is 0 Å². The van der Waals surface area contributed by atoms with E-state index in [1.807, 2.05) is 0 Å². The lowest BCUT2D eigenvalue weighted by atomic mass is 10.0. The molecule has 0 bridgehead atoms. The van der Waals surface area contributed by atoms with E-state index < -0.39 is 0 Å². The fourth-order valence-corrected chi connectivity index (χ4v) is 2.53. The van der Waals surface area contributed by atoms with Crippen molar-refractivity contribution in [1.82, 2.24) is 10.2 Å². The summed E-state index contributed by atoms with van der Waals surface area (Å²) >= 11 is 0. The van der Waals surface area contributed by atoms with Gasteiger partial charge in [0.15, 0.2) is 0 Å². The summed E-state index contributed by atoms with van der Waals surface area (Å²) in [4.78, 5) is 2.73. The maximum absolute atomic E-state index is 3.35. The van der Waals surface area contributed by atoms with Crippen LogP contribution in [0, 0.1) is 11.8 Å². The summed E-state index contributed by atoms with van der Waals surface area (Å²) in [5.41, 5.74) is 3.30. The van der Waals surface area contributed by atoms with E-state index in [0.29, 0.717) is 0 Å². The normalized spacial score (nSPS) is 24.8. The van der Waals surface area contributed by atoms with Gasteiger partial charge in [-0.1, -0.05) is 5.57 Å². The Kier molecular flexibility index (Phi) is 3.03. The average molecular weight is 220 g/mol. The Morgan fingerprint density at radius 1 is 1.12 bits per heavy atom. The van der Waals surface area contributed by atoms with Crippen molar-refractivity contribution in [2.24, 2.45) is 11.8 Å². The maximum Gasteiger partial charge on any atom is 0.0193 e. The van der Waals surface area contributed by atoms with E-state index in [4.69, 9.17) is 0 Å². The van der Waals surface area contributed by atoms with Gasteiger partial charge in [0.1, 0.15) is 0 Å². The first-order valence-electron chi connectivity index (χ1n) is 6.92. The molecule has 2 heteroatoms. The van der Waals surface area contributed by atoms with Crippen molar-refractivity contribution in [3.63, 3.8) is 0 Å². The van der Waals surface area contributed by atoms with E-state index >= 15 is 0 Å². The topological polar surface area (TPSA) is 15.3 Å². The SMILES string of the molecule is CC(CN(CC1CC1)CC1CC1)=C1CNC1. The van der Waals surface area contributed by atoms with Crippen LogP contribution in [0.15, 0.2) is 11.1 Å². The van der Waals surface area contributed by atoms with E-state index in [0.717, 1.165) is 24.9 Å². The van der Waals surface area contributed by atoms with E-state index in [1.54, 1.807) is 11.1 Å². The number of nitrogens with zero attached hydrogens (tertiary/aromatic N) is 1. The standard InChI is InChI=1S/C14H24N2/c1-11(14-6-15-7-14)8-16(9-12-2-3-12)10-13-4-5-13/h12-13,15H,2-10H2,1H3. The van der Waals surface area contributed by atoms with Gasteiger partial charge in [-0.15, -0.1) is 0 Å². The fourth-order valence-electron chi connectivity index (χ4n) is 2.53. The second-order valence-corrected chi connectivity index (χ2v) is 6.07. The highest BCUT2D eigenvalue weighted by atomic mass is 15.1. The summed E-state index contributed by atoms with van der Waals surface area (Å²) in [5.74, 6) is 2.08. The van der Waals surface area contributed by atoms with E-state index in [1.165, 1.54) is 45.3 Å². The summed E-state index contributed by atoms with van der Waals surface area (Å²) in [6, 6.07) is 0. The highest BCUT2D eigenvalue weighted by Crippen LogP contribution is 2.34. The molecule has 1 aliphatic heterocycles. The highest BCUT2D eigenvalue weighted by Gasteiger charge is 2.29. The molecule has 0 aromatic rings. The zero-order chi connectivity index (χ0) is 11.0. The van der Waals surface area contributed by atoms with Gasteiger partial charge in [0, 0.05) is 32.7 Å². The molecule has 16 heavy (non-hydrogen) atoms. The molecular formula is C14H24N2. The predicted octanol–water partition coefficient (Wildman–Crippen LogP) is 2.03. The van der Waals surface area contributed by atoms with Crippen molar-refractivity contribution >= 4 is 0 Å². The summed E-state index contributed by atoms with van der Waals surface area (Å²) in [7, 11) is 0. The molecule has 1 saturated heterocycles. The molecule has 0 aromatic heterocycles. The lowest BCUT2D eigenvalue weighted by Crippen LogP contribution is -2.37. The second kappa shape index (κ2) is 4.50. The molecule has 3 aliphatic rings. The van der Waals surface area contributed by atoms with Crippen LogP contribution in [-0.4, -0.2) is 37.6 Å². The molecule has 90 valence electrons. The smallest absolute Gasteiger partial charge is 0.0193 e. The lowest BCUT2D eigenvalue weighted by Gasteiger charge is -2.27. The molecular weight excluding hydrogens is 196 g/mol. The van der Waals surface area contributed by atoms with Crippen LogP contribution >= 0.6 is 0 Å². The minimum Gasteiger partial charge on any atom is -0.309 e. The minimum absolute atomic E-state index is 1.04. The lowest BCUT2D eigenvalue weighted by molar-refractivity contribution is 0.271. The van der Waals surface area contributed by atoms with Crippen LogP contribution in [0.1, 0.15) is 32.6 Å². The Morgan fingerprint density at radius 3 is 2.06 bits per heavy atom. The molecule has 1 N–H and O–H groups in total. The summed E-state index contributed by atoms with van der Waals surface area (Å²) in [5, 5.41) is 3.35. The monoisotopic (exact) mass is 220 g/mol. The van der Waals surface area contributed by atoms with Crippen molar-refractivity contribution in [3.8, 4) is 0 Å². The molecule has 2 saturated carbocycles. The Hall–Kier alpha value is -0.340. The third-order valence-electron chi connectivity index (χ3n) is 4.17. The van der Waals surface area contributed by atoms with Gasteiger partial charge in [-0.3, -0.25) is 4.90 Å². The molecule has 0 spiro atoms. The molecule has 0 atom stereocenters. The highest BCUT2D eigenvalue weighted by molar-refractivity contribution is 5.22.